The van der Waals surface area contributed by atoms with Crippen LogP contribution in [0, 0.1) is 13.8 Å². The molecular formula is C27H30N2Si. The Kier molecular flexibility index (Phi) is 5.25. The minimum Gasteiger partial charge on any atom is -0.238 e. The lowest BCUT2D eigenvalue weighted by Gasteiger charge is -2.44. The van der Waals surface area contributed by atoms with E-state index in [9.17, 15) is 0 Å². The van der Waals surface area contributed by atoms with Crippen LogP contribution in [0.3, 0.4) is 0 Å². The molecule has 1 aromatic heterocycles. The molecule has 0 aliphatic rings. The SMILES string of the molecule is Cc1nn(-c2ccccc2)c(C)c1[Si](c1ccccc1)(c1ccccc1)C(C)(C)C. The van der Waals surface area contributed by atoms with Crippen molar-refractivity contribution in [1.29, 1.82) is 0 Å². The number of aromatic nitrogens is 2. The van der Waals surface area contributed by atoms with E-state index in [1.165, 1.54) is 21.3 Å². The maximum atomic E-state index is 5.06. The average Bonchev–Trinajstić information content (AvgIpc) is 3.05. The smallest absolute Gasteiger partial charge is 0.158 e. The van der Waals surface area contributed by atoms with Crippen LogP contribution in [0.15, 0.2) is 91.0 Å². The highest BCUT2D eigenvalue weighted by atomic mass is 28.3. The normalized spacial score (nSPS) is 12.2. The largest absolute Gasteiger partial charge is 0.238 e. The first-order valence-electron chi connectivity index (χ1n) is 10.6. The Morgan fingerprint density at radius 3 is 1.53 bits per heavy atom. The Bertz CT molecular complexity index is 1080. The third-order valence-electron chi connectivity index (χ3n) is 6.21. The highest BCUT2D eigenvalue weighted by Crippen LogP contribution is 2.37. The number of para-hydroxylation sites is 1. The van der Waals surface area contributed by atoms with Crippen LogP contribution in [0.5, 0.6) is 0 Å². The first kappa shape index (κ1) is 20.4. The summed E-state index contributed by atoms with van der Waals surface area (Å²) in [4.78, 5) is 0. The van der Waals surface area contributed by atoms with Gasteiger partial charge in [-0.1, -0.05) is 99.6 Å². The van der Waals surface area contributed by atoms with Gasteiger partial charge in [-0.3, -0.25) is 0 Å². The summed E-state index contributed by atoms with van der Waals surface area (Å²) < 4.78 is 2.13. The molecule has 0 bridgehead atoms. The zero-order valence-corrected chi connectivity index (χ0v) is 19.6. The van der Waals surface area contributed by atoms with E-state index in [1.54, 1.807) is 0 Å². The Labute approximate surface area is 181 Å². The van der Waals surface area contributed by atoms with Crippen molar-refractivity contribution in [3.8, 4) is 5.69 Å². The van der Waals surface area contributed by atoms with Gasteiger partial charge >= 0.3 is 0 Å². The second kappa shape index (κ2) is 7.73. The van der Waals surface area contributed by atoms with Gasteiger partial charge in [-0.05, 0) is 46.6 Å². The van der Waals surface area contributed by atoms with Crippen molar-refractivity contribution in [3.05, 3.63) is 102 Å². The first-order chi connectivity index (χ1) is 14.4. The number of hydrogen-bond acceptors (Lipinski definition) is 1. The van der Waals surface area contributed by atoms with E-state index < -0.39 is 8.07 Å². The summed E-state index contributed by atoms with van der Waals surface area (Å²) >= 11 is 0. The molecule has 4 rings (SSSR count). The van der Waals surface area contributed by atoms with E-state index in [1.807, 2.05) is 0 Å². The second-order valence-corrected chi connectivity index (χ2v) is 13.7. The van der Waals surface area contributed by atoms with Crippen LogP contribution in [0.2, 0.25) is 5.04 Å². The van der Waals surface area contributed by atoms with Gasteiger partial charge in [-0.15, -0.1) is 0 Å². The van der Waals surface area contributed by atoms with Crippen LogP contribution >= 0.6 is 0 Å². The van der Waals surface area contributed by atoms with Gasteiger partial charge in [0, 0.05) is 5.69 Å². The van der Waals surface area contributed by atoms with Crippen molar-refractivity contribution in [2.45, 2.75) is 39.7 Å². The number of hydrogen-bond donors (Lipinski definition) is 0. The molecule has 0 saturated heterocycles. The molecule has 2 nitrogen and oxygen atoms in total. The van der Waals surface area contributed by atoms with Crippen LogP contribution in [-0.4, -0.2) is 17.9 Å². The highest BCUT2D eigenvalue weighted by Gasteiger charge is 2.51. The number of aryl methyl sites for hydroxylation is 1. The summed E-state index contributed by atoms with van der Waals surface area (Å²) in [6, 6.07) is 32.7. The fraction of sp³-hybridized carbons (Fsp3) is 0.222. The molecular weight excluding hydrogens is 380 g/mol. The van der Waals surface area contributed by atoms with Gasteiger partial charge in [0.05, 0.1) is 11.4 Å². The molecule has 0 unspecified atom stereocenters. The van der Waals surface area contributed by atoms with Crippen molar-refractivity contribution in [2.75, 3.05) is 0 Å². The summed E-state index contributed by atoms with van der Waals surface area (Å²) in [7, 11) is -2.41. The number of rotatable bonds is 4. The van der Waals surface area contributed by atoms with Crippen LogP contribution in [-0.2, 0) is 0 Å². The van der Waals surface area contributed by atoms with Crippen molar-refractivity contribution in [3.63, 3.8) is 0 Å². The molecule has 0 radical (unpaired) electrons. The van der Waals surface area contributed by atoms with Crippen LogP contribution < -0.4 is 15.6 Å². The maximum absolute atomic E-state index is 5.06. The molecule has 0 fully saturated rings. The van der Waals surface area contributed by atoms with Gasteiger partial charge in [0.15, 0.2) is 8.07 Å². The average molecular weight is 411 g/mol. The zero-order valence-electron chi connectivity index (χ0n) is 18.6. The number of nitrogens with zero attached hydrogens (tertiary/aromatic N) is 2. The number of benzene rings is 3. The zero-order chi connectivity index (χ0) is 21.4. The summed E-state index contributed by atoms with van der Waals surface area (Å²) in [6.07, 6.45) is 0. The highest BCUT2D eigenvalue weighted by molar-refractivity contribution is 7.13. The predicted octanol–water partition coefficient (Wildman–Crippen LogP) is 4.76. The van der Waals surface area contributed by atoms with E-state index >= 15 is 0 Å². The Morgan fingerprint density at radius 2 is 1.10 bits per heavy atom. The Morgan fingerprint density at radius 1 is 0.667 bits per heavy atom. The van der Waals surface area contributed by atoms with Gasteiger partial charge in [0.1, 0.15) is 0 Å². The first-order valence-corrected chi connectivity index (χ1v) is 12.6. The third kappa shape index (κ3) is 3.14. The summed E-state index contributed by atoms with van der Waals surface area (Å²) in [5.74, 6) is 0. The molecule has 0 aliphatic carbocycles. The molecule has 0 atom stereocenters. The lowest BCUT2D eigenvalue weighted by Crippen LogP contribution is -2.73. The minimum absolute atomic E-state index is 0.0514. The van der Waals surface area contributed by atoms with Crippen molar-refractivity contribution >= 4 is 23.6 Å². The fourth-order valence-electron chi connectivity index (χ4n) is 5.08. The van der Waals surface area contributed by atoms with E-state index in [4.69, 9.17) is 5.10 Å². The Balaban J connectivity index is 2.12. The van der Waals surface area contributed by atoms with Crippen molar-refractivity contribution < 1.29 is 0 Å². The van der Waals surface area contributed by atoms with E-state index in [0.29, 0.717) is 0 Å². The van der Waals surface area contributed by atoms with E-state index in [2.05, 4.69) is 130 Å². The summed E-state index contributed by atoms with van der Waals surface area (Å²) in [5.41, 5.74) is 3.49. The minimum atomic E-state index is -2.41. The van der Waals surface area contributed by atoms with E-state index in [-0.39, 0.29) is 5.04 Å². The van der Waals surface area contributed by atoms with Gasteiger partial charge < -0.3 is 0 Å². The lowest BCUT2D eigenvalue weighted by molar-refractivity contribution is 0.739. The molecule has 0 aliphatic heterocycles. The van der Waals surface area contributed by atoms with Crippen molar-refractivity contribution in [1.82, 2.24) is 9.78 Å². The quantitative estimate of drug-likeness (QED) is 0.444. The van der Waals surface area contributed by atoms with Crippen molar-refractivity contribution in [2.24, 2.45) is 0 Å². The van der Waals surface area contributed by atoms with Gasteiger partial charge in [0.25, 0.3) is 0 Å². The molecule has 0 spiro atoms. The molecule has 0 N–H and O–H groups in total. The molecule has 0 amide bonds. The second-order valence-electron chi connectivity index (χ2n) is 9.03. The maximum Gasteiger partial charge on any atom is 0.158 e. The molecule has 1 heterocycles. The summed E-state index contributed by atoms with van der Waals surface area (Å²) in [6.45, 7) is 11.6. The third-order valence-corrected chi connectivity index (χ3v) is 12.3. The van der Waals surface area contributed by atoms with E-state index in [0.717, 1.165) is 11.4 Å². The van der Waals surface area contributed by atoms with Gasteiger partial charge in [0.2, 0.25) is 0 Å². The van der Waals surface area contributed by atoms with Crippen LogP contribution in [0.25, 0.3) is 5.69 Å². The molecule has 4 aromatic rings. The topological polar surface area (TPSA) is 17.8 Å². The van der Waals surface area contributed by atoms with Gasteiger partial charge in [-0.25, -0.2) is 4.68 Å². The molecule has 0 saturated carbocycles. The standard InChI is InChI=1S/C27H30N2Si/c1-21-26(22(2)29(28-21)23-15-9-6-10-16-23)30(27(3,4)5,24-17-11-7-12-18-24)25-19-13-8-14-20-25/h6-20H,1-5H3. The van der Waals surface area contributed by atoms with Crippen LogP contribution in [0.1, 0.15) is 32.2 Å². The lowest BCUT2D eigenvalue weighted by atomic mass is 10.2. The molecule has 152 valence electrons. The predicted molar refractivity (Wildman–Crippen MR) is 130 cm³/mol. The fourth-order valence-corrected chi connectivity index (χ4v) is 11.1. The molecule has 30 heavy (non-hydrogen) atoms. The molecule has 3 aromatic carbocycles. The monoisotopic (exact) mass is 410 g/mol. The van der Waals surface area contributed by atoms with Gasteiger partial charge in [-0.2, -0.15) is 5.10 Å². The van der Waals surface area contributed by atoms with Crippen LogP contribution in [0.4, 0.5) is 0 Å². The Hall–Kier alpha value is -2.91. The molecule has 3 heteroatoms. The summed E-state index contributed by atoms with van der Waals surface area (Å²) in [5, 5.41) is 9.41.